The summed E-state index contributed by atoms with van der Waals surface area (Å²) in [6.07, 6.45) is 0. The second-order valence-electron chi connectivity index (χ2n) is 5.09. The van der Waals surface area contributed by atoms with Crippen molar-refractivity contribution in [2.24, 2.45) is 0 Å². The number of carbonyl (C=O) groups excluding carboxylic acids is 2. The number of benzene rings is 1. The standard InChI is InChI=1S/C17H13NO6S/c19-11-3-4-12-10(6-15(20)24-13(12)7-11)9-23-16(21)8-18-17(22)14-2-1-5-25-14/h1-7,19H,8-9H2,(H,18,22). The molecule has 0 saturated heterocycles. The van der Waals surface area contributed by atoms with Gasteiger partial charge < -0.3 is 19.6 Å². The summed E-state index contributed by atoms with van der Waals surface area (Å²) in [4.78, 5) is 35.6. The molecular formula is C17H13NO6S. The average molecular weight is 359 g/mol. The van der Waals surface area contributed by atoms with Gasteiger partial charge in [-0.2, -0.15) is 0 Å². The molecule has 0 fully saturated rings. The number of aromatic hydroxyl groups is 1. The second kappa shape index (κ2) is 7.18. The van der Waals surface area contributed by atoms with Crippen molar-refractivity contribution in [3.05, 3.63) is 62.6 Å². The fourth-order valence-corrected chi connectivity index (χ4v) is 2.83. The first-order chi connectivity index (χ1) is 12.0. The van der Waals surface area contributed by atoms with Gasteiger partial charge in [-0.1, -0.05) is 6.07 Å². The van der Waals surface area contributed by atoms with E-state index < -0.39 is 11.6 Å². The van der Waals surface area contributed by atoms with Crippen LogP contribution in [-0.2, 0) is 16.1 Å². The molecule has 3 rings (SSSR count). The number of carbonyl (C=O) groups is 2. The van der Waals surface area contributed by atoms with Crippen molar-refractivity contribution in [2.75, 3.05) is 6.54 Å². The Morgan fingerprint density at radius 3 is 2.84 bits per heavy atom. The zero-order valence-corrected chi connectivity index (χ0v) is 13.7. The minimum atomic E-state index is -0.634. The molecule has 2 heterocycles. The van der Waals surface area contributed by atoms with Gasteiger partial charge in [-0.3, -0.25) is 9.59 Å². The van der Waals surface area contributed by atoms with Gasteiger partial charge in [0.05, 0.1) is 4.88 Å². The molecule has 0 aliphatic heterocycles. The normalized spacial score (nSPS) is 10.6. The van der Waals surface area contributed by atoms with Crippen LogP contribution in [0.15, 0.2) is 51.0 Å². The van der Waals surface area contributed by atoms with Crippen LogP contribution >= 0.6 is 11.3 Å². The van der Waals surface area contributed by atoms with Crippen LogP contribution in [0.2, 0.25) is 0 Å². The smallest absolute Gasteiger partial charge is 0.336 e. The molecule has 2 aromatic heterocycles. The first-order valence-electron chi connectivity index (χ1n) is 7.26. The zero-order chi connectivity index (χ0) is 17.8. The van der Waals surface area contributed by atoms with Crippen LogP contribution in [-0.4, -0.2) is 23.5 Å². The van der Waals surface area contributed by atoms with E-state index in [1.54, 1.807) is 23.6 Å². The number of thiophene rings is 1. The number of ether oxygens (including phenoxy) is 1. The molecule has 8 heteroatoms. The largest absolute Gasteiger partial charge is 0.508 e. The van der Waals surface area contributed by atoms with Crippen molar-refractivity contribution in [1.82, 2.24) is 5.32 Å². The van der Waals surface area contributed by atoms with Crippen LogP contribution in [0.25, 0.3) is 11.0 Å². The molecule has 0 atom stereocenters. The molecule has 25 heavy (non-hydrogen) atoms. The van der Waals surface area contributed by atoms with E-state index in [1.165, 1.54) is 29.5 Å². The quantitative estimate of drug-likeness (QED) is 0.533. The van der Waals surface area contributed by atoms with Crippen LogP contribution in [0, 0.1) is 0 Å². The molecule has 7 nitrogen and oxygen atoms in total. The first kappa shape index (κ1) is 16.7. The van der Waals surface area contributed by atoms with E-state index in [2.05, 4.69) is 5.32 Å². The predicted octanol–water partition coefficient (Wildman–Crippen LogP) is 2.03. The van der Waals surface area contributed by atoms with Gasteiger partial charge in [0, 0.05) is 23.1 Å². The zero-order valence-electron chi connectivity index (χ0n) is 12.9. The minimum absolute atomic E-state index is 0.0407. The summed E-state index contributed by atoms with van der Waals surface area (Å²) in [7, 11) is 0. The van der Waals surface area contributed by atoms with Gasteiger partial charge >= 0.3 is 11.6 Å². The Hall–Kier alpha value is -3.13. The Bertz CT molecular complexity index is 976. The summed E-state index contributed by atoms with van der Waals surface area (Å²) in [5.41, 5.74) is 0.0314. The number of phenols is 1. The molecule has 0 unspecified atom stereocenters. The van der Waals surface area contributed by atoms with E-state index in [-0.39, 0.29) is 30.4 Å². The average Bonchev–Trinajstić information content (AvgIpc) is 3.11. The van der Waals surface area contributed by atoms with Crippen molar-refractivity contribution >= 4 is 34.2 Å². The highest BCUT2D eigenvalue weighted by Crippen LogP contribution is 2.22. The maximum atomic E-state index is 11.8. The SMILES string of the molecule is O=C(CNC(=O)c1cccs1)OCc1cc(=O)oc2cc(O)ccc12. The van der Waals surface area contributed by atoms with Crippen molar-refractivity contribution in [1.29, 1.82) is 0 Å². The maximum Gasteiger partial charge on any atom is 0.336 e. The lowest BCUT2D eigenvalue weighted by Crippen LogP contribution is -2.30. The monoisotopic (exact) mass is 359 g/mol. The van der Waals surface area contributed by atoms with Gasteiger partial charge in [-0.25, -0.2) is 4.79 Å². The fraction of sp³-hybridized carbons (Fsp3) is 0.118. The highest BCUT2D eigenvalue weighted by atomic mass is 32.1. The van der Waals surface area contributed by atoms with Crippen molar-refractivity contribution in [3.8, 4) is 5.75 Å². The Morgan fingerprint density at radius 2 is 2.08 bits per heavy atom. The third-order valence-corrected chi connectivity index (χ3v) is 4.21. The Morgan fingerprint density at radius 1 is 1.24 bits per heavy atom. The lowest BCUT2D eigenvalue weighted by molar-refractivity contribution is -0.143. The Kier molecular flexibility index (Phi) is 4.80. The fourth-order valence-electron chi connectivity index (χ4n) is 2.19. The molecule has 0 bridgehead atoms. The second-order valence-corrected chi connectivity index (χ2v) is 6.04. The van der Waals surface area contributed by atoms with E-state index in [0.717, 1.165) is 0 Å². The van der Waals surface area contributed by atoms with Gasteiger partial charge in [-0.15, -0.1) is 11.3 Å². The predicted molar refractivity (Wildman–Crippen MR) is 90.6 cm³/mol. The molecular weight excluding hydrogens is 346 g/mol. The van der Waals surface area contributed by atoms with Gasteiger partial charge in [-0.05, 0) is 23.6 Å². The van der Waals surface area contributed by atoms with Gasteiger partial charge in [0.25, 0.3) is 5.91 Å². The molecule has 0 saturated carbocycles. The Labute approximate surface area is 145 Å². The summed E-state index contributed by atoms with van der Waals surface area (Å²) >= 11 is 1.27. The molecule has 0 aliphatic rings. The van der Waals surface area contributed by atoms with Gasteiger partial charge in [0.15, 0.2) is 0 Å². The van der Waals surface area contributed by atoms with Crippen molar-refractivity contribution < 1.29 is 23.8 Å². The van der Waals surface area contributed by atoms with Crippen molar-refractivity contribution in [3.63, 3.8) is 0 Å². The molecule has 1 aromatic carbocycles. The lowest BCUT2D eigenvalue weighted by Gasteiger charge is -2.08. The van der Waals surface area contributed by atoms with Crippen LogP contribution in [0.1, 0.15) is 15.2 Å². The van der Waals surface area contributed by atoms with E-state index in [4.69, 9.17) is 9.15 Å². The number of rotatable bonds is 5. The third kappa shape index (κ3) is 4.04. The summed E-state index contributed by atoms with van der Waals surface area (Å²) < 4.78 is 10.1. The van der Waals surface area contributed by atoms with Gasteiger partial charge in [0.2, 0.25) is 0 Å². The maximum absolute atomic E-state index is 11.8. The lowest BCUT2D eigenvalue weighted by atomic mass is 10.1. The highest BCUT2D eigenvalue weighted by Gasteiger charge is 2.12. The van der Waals surface area contributed by atoms with E-state index in [9.17, 15) is 19.5 Å². The minimum Gasteiger partial charge on any atom is -0.508 e. The number of fused-ring (bicyclic) bond motifs is 1. The third-order valence-electron chi connectivity index (χ3n) is 3.34. The van der Waals surface area contributed by atoms with Crippen molar-refractivity contribution in [2.45, 2.75) is 6.61 Å². The van der Waals surface area contributed by atoms with Crippen LogP contribution in [0.3, 0.4) is 0 Å². The number of hydrogen-bond acceptors (Lipinski definition) is 7. The van der Waals surface area contributed by atoms with Gasteiger partial charge in [0.1, 0.15) is 24.5 Å². The molecule has 128 valence electrons. The number of esters is 1. The molecule has 3 aromatic rings. The topological polar surface area (TPSA) is 106 Å². The Balaban J connectivity index is 1.63. The summed E-state index contributed by atoms with van der Waals surface area (Å²) in [6.45, 7) is -0.433. The van der Waals surface area contributed by atoms with Crippen LogP contribution in [0.4, 0.5) is 0 Å². The van der Waals surface area contributed by atoms with E-state index in [1.807, 2.05) is 0 Å². The number of nitrogens with one attached hydrogen (secondary N) is 1. The van der Waals surface area contributed by atoms with Crippen LogP contribution in [0.5, 0.6) is 5.75 Å². The molecule has 0 spiro atoms. The number of phenolic OH excluding ortho intramolecular Hbond substituents is 1. The first-order valence-corrected chi connectivity index (χ1v) is 8.14. The molecule has 0 radical (unpaired) electrons. The van der Waals surface area contributed by atoms with E-state index >= 15 is 0 Å². The molecule has 0 aliphatic carbocycles. The molecule has 2 N–H and O–H groups in total. The number of hydrogen-bond donors (Lipinski definition) is 2. The summed E-state index contributed by atoms with van der Waals surface area (Å²) in [6, 6.07) is 8.92. The summed E-state index contributed by atoms with van der Waals surface area (Å²) in [5, 5.41) is 14.2. The van der Waals surface area contributed by atoms with Crippen LogP contribution < -0.4 is 10.9 Å². The number of amides is 1. The molecule has 1 amide bonds. The van der Waals surface area contributed by atoms with E-state index in [0.29, 0.717) is 15.8 Å². The summed E-state index contributed by atoms with van der Waals surface area (Å²) in [5.74, 6) is -1.03. The highest BCUT2D eigenvalue weighted by molar-refractivity contribution is 7.12.